The molecule has 14 heavy (non-hydrogen) atoms. The van der Waals surface area contributed by atoms with Crippen molar-refractivity contribution in [3.63, 3.8) is 0 Å². The zero-order chi connectivity index (χ0) is 10.1. The Balaban J connectivity index is 2.33. The molecule has 78 valence electrons. The van der Waals surface area contributed by atoms with Gasteiger partial charge in [0.25, 0.3) is 0 Å². The molecule has 1 saturated carbocycles. The lowest BCUT2D eigenvalue weighted by molar-refractivity contribution is 0.275. The lowest BCUT2D eigenvalue weighted by Gasteiger charge is -2.12. The first-order valence-corrected chi connectivity index (χ1v) is 5.32. The highest BCUT2D eigenvalue weighted by molar-refractivity contribution is 5.20. The Morgan fingerprint density at radius 2 is 2.29 bits per heavy atom. The third-order valence-electron chi connectivity index (χ3n) is 2.93. The van der Waals surface area contributed by atoms with Gasteiger partial charge >= 0.3 is 0 Å². The van der Waals surface area contributed by atoms with Crippen molar-refractivity contribution in [1.29, 1.82) is 0 Å². The normalized spacial score (nSPS) is 18.5. The monoisotopic (exact) mass is 195 g/mol. The molecule has 1 N–H and O–H groups in total. The Kier molecular flexibility index (Phi) is 2.54. The Bertz CT molecular complexity index is 317. The number of nitrogens with zero attached hydrogens (tertiary/aromatic N) is 3. The number of aliphatic hydroxyl groups is 1. The largest absolute Gasteiger partial charge is 0.390 e. The van der Waals surface area contributed by atoms with E-state index in [0.29, 0.717) is 12.0 Å². The zero-order valence-electron chi connectivity index (χ0n) is 8.77. The van der Waals surface area contributed by atoms with E-state index >= 15 is 0 Å². The van der Waals surface area contributed by atoms with Crippen molar-refractivity contribution in [3.05, 3.63) is 11.4 Å². The van der Waals surface area contributed by atoms with Gasteiger partial charge in [0, 0.05) is 5.92 Å². The maximum absolute atomic E-state index is 9.15. The predicted molar refractivity (Wildman–Crippen MR) is 52.9 cm³/mol. The minimum absolute atomic E-state index is 0.0161. The molecule has 1 aliphatic rings. The summed E-state index contributed by atoms with van der Waals surface area (Å²) in [5, 5.41) is 17.3. The molecule has 0 aromatic carbocycles. The summed E-state index contributed by atoms with van der Waals surface area (Å²) in [6.07, 6.45) is 3.49. The summed E-state index contributed by atoms with van der Waals surface area (Å²) in [7, 11) is 0. The third kappa shape index (κ3) is 1.54. The van der Waals surface area contributed by atoms with Gasteiger partial charge in [0.05, 0.1) is 18.3 Å². The molecule has 1 aromatic rings. The Hall–Kier alpha value is -0.900. The molecule has 1 unspecified atom stereocenters. The van der Waals surface area contributed by atoms with E-state index in [4.69, 9.17) is 5.11 Å². The molecule has 1 heterocycles. The molecule has 0 amide bonds. The predicted octanol–water partition coefficient (Wildman–Crippen LogP) is 1.62. The molecule has 0 saturated heterocycles. The van der Waals surface area contributed by atoms with Crippen LogP contribution in [0.1, 0.15) is 56.5 Å². The Morgan fingerprint density at radius 1 is 1.57 bits per heavy atom. The molecule has 1 fully saturated rings. The molecule has 2 rings (SSSR count). The topological polar surface area (TPSA) is 50.9 Å². The van der Waals surface area contributed by atoms with Crippen LogP contribution < -0.4 is 0 Å². The van der Waals surface area contributed by atoms with Gasteiger partial charge in [-0.3, -0.25) is 0 Å². The van der Waals surface area contributed by atoms with Gasteiger partial charge in [0.2, 0.25) is 0 Å². The van der Waals surface area contributed by atoms with E-state index in [-0.39, 0.29) is 6.61 Å². The maximum Gasteiger partial charge on any atom is 0.112 e. The van der Waals surface area contributed by atoms with E-state index in [1.807, 2.05) is 4.68 Å². The first-order valence-electron chi connectivity index (χ1n) is 5.32. The van der Waals surface area contributed by atoms with Crippen molar-refractivity contribution in [3.8, 4) is 0 Å². The molecule has 0 aliphatic heterocycles. The molecular formula is C10H17N3O. The maximum atomic E-state index is 9.15. The quantitative estimate of drug-likeness (QED) is 0.794. The fourth-order valence-corrected chi connectivity index (χ4v) is 1.72. The molecule has 0 radical (unpaired) electrons. The van der Waals surface area contributed by atoms with Crippen LogP contribution in [0.4, 0.5) is 0 Å². The zero-order valence-corrected chi connectivity index (χ0v) is 8.77. The summed E-state index contributed by atoms with van der Waals surface area (Å²) in [5.74, 6) is 0.598. The summed E-state index contributed by atoms with van der Waals surface area (Å²) >= 11 is 0. The number of hydrogen-bond donors (Lipinski definition) is 1. The van der Waals surface area contributed by atoms with Gasteiger partial charge in [-0.25, -0.2) is 4.68 Å². The van der Waals surface area contributed by atoms with Crippen LogP contribution in [-0.2, 0) is 6.61 Å². The first-order chi connectivity index (χ1) is 6.77. The van der Waals surface area contributed by atoms with Crippen LogP contribution in [-0.4, -0.2) is 20.1 Å². The van der Waals surface area contributed by atoms with Gasteiger partial charge in [-0.15, -0.1) is 5.10 Å². The van der Waals surface area contributed by atoms with Gasteiger partial charge in [-0.05, 0) is 26.2 Å². The van der Waals surface area contributed by atoms with Crippen molar-refractivity contribution in [2.75, 3.05) is 0 Å². The van der Waals surface area contributed by atoms with E-state index in [2.05, 4.69) is 24.2 Å². The molecule has 1 atom stereocenters. The highest BCUT2D eigenvalue weighted by atomic mass is 16.3. The van der Waals surface area contributed by atoms with Crippen molar-refractivity contribution in [1.82, 2.24) is 15.0 Å². The van der Waals surface area contributed by atoms with Crippen LogP contribution in [0.2, 0.25) is 0 Å². The van der Waals surface area contributed by atoms with Crippen LogP contribution >= 0.6 is 0 Å². The van der Waals surface area contributed by atoms with Crippen molar-refractivity contribution < 1.29 is 5.11 Å². The first kappa shape index (κ1) is 9.65. The molecule has 4 heteroatoms. The SMILES string of the molecule is CCC(C)n1nnc(CO)c1C1CC1. The Labute approximate surface area is 83.9 Å². The number of rotatable bonds is 4. The van der Waals surface area contributed by atoms with E-state index < -0.39 is 0 Å². The summed E-state index contributed by atoms with van der Waals surface area (Å²) < 4.78 is 1.99. The van der Waals surface area contributed by atoms with Crippen molar-refractivity contribution in [2.45, 2.75) is 51.7 Å². The number of aromatic nitrogens is 3. The second-order valence-corrected chi connectivity index (χ2v) is 4.06. The van der Waals surface area contributed by atoms with Gasteiger partial charge < -0.3 is 5.11 Å². The van der Waals surface area contributed by atoms with Gasteiger partial charge in [0.1, 0.15) is 5.69 Å². The smallest absolute Gasteiger partial charge is 0.112 e. The van der Waals surface area contributed by atoms with Crippen molar-refractivity contribution in [2.24, 2.45) is 0 Å². The molecule has 0 bridgehead atoms. The van der Waals surface area contributed by atoms with Crippen LogP contribution in [0.25, 0.3) is 0 Å². The summed E-state index contributed by atoms with van der Waals surface area (Å²) in [5.41, 5.74) is 1.94. The lowest BCUT2D eigenvalue weighted by Crippen LogP contribution is -2.10. The second-order valence-electron chi connectivity index (χ2n) is 4.06. The average molecular weight is 195 g/mol. The third-order valence-corrected chi connectivity index (χ3v) is 2.93. The van der Waals surface area contributed by atoms with Crippen molar-refractivity contribution >= 4 is 0 Å². The standard InChI is InChI=1S/C10H17N3O/c1-3-7(2)13-10(8-4-5-8)9(6-14)11-12-13/h7-8,14H,3-6H2,1-2H3. The van der Waals surface area contributed by atoms with Gasteiger partial charge in [-0.2, -0.15) is 0 Å². The number of aliphatic hydroxyl groups excluding tert-OH is 1. The van der Waals surface area contributed by atoms with Gasteiger partial charge in [-0.1, -0.05) is 12.1 Å². The molecule has 4 nitrogen and oxygen atoms in total. The fraction of sp³-hybridized carbons (Fsp3) is 0.800. The van der Waals surface area contributed by atoms with E-state index in [1.165, 1.54) is 18.5 Å². The minimum Gasteiger partial charge on any atom is -0.390 e. The minimum atomic E-state index is 0.0161. The van der Waals surface area contributed by atoms with E-state index in [0.717, 1.165) is 12.1 Å². The average Bonchev–Trinajstić information content (AvgIpc) is 2.96. The van der Waals surface area contributed by atoms with E-state index in [1.54, 1.807) is 0 Å². The Morgan fingerprint density at radius 3 is 2.79 bits per heavy atom. The summed E-state index contributed by atoms with van der Waals surface area (Å²) in [6, 6.07) is 0.387. The van der Waals surface area contributed by atoms with Crippen LogP contribution in [0.15, 0.2) is 0 Å². The molecule has 1 aromatic heterocycles. The van der Waals surface area contributed by atoms with Gasteiger partial charge in [0.15, 0.2) is 0 Å². The van der Waals surface area contributed by atoms with Crippen LogP contribution in [0.3, 0.4) is 0 Å². The van der Waals surface area contributed by atoms with Crippen LogP contribution in [0.5, 0.6) is 0 Å². The fourth-order valence-electron chi connectivity index (χ4n) is 1.72. The summed E-state index contributed by atoms with van der Waals surface area (Å²) in [6.45, 7) is 4.30. The second kappa shape index (κ2) is 3.69. The molecular weight excluding hydrogens is 178 g/mol. The molecule has 1 aliphatic carbocycles. The van der Waals surface area contributed by atoms with Crippen LogP contribution in [0, 0.1) is 0 Å². The lowest BCUT2D eigenvalue weighted by atomic mass is 10.2. The van der Waals surface area contributed by atoms with E-state index in [9.17, 15) is 0 Å². The molecule has 0 spiro atoms. The highest BCUT2D eigenvalue weighted by Gasteiger charge is 2.31. The summed E-state index contributed by atoms with van der Waals surface area (Å²) in [4.78, 5) is 0. The highest BCUT2D eigenvalue weighted by Crippen LogP contribution is 2.42. The number of hydrogen-bond acceptors (Lipinski definition) is 3.